The second-order valence-electron chi connectivity index (χ2n) is 5.18. The van der Waals surface area contributed by atoms with E-state index in [1.54, 1.807) is 0 Å². The van der Waals surface area contributed by atoms with E-state index in [2.05, 4.69) is 28.6 Å². The zero-order chi connectivity index (χ0) is 11.7. The van der Waals surface area contributed by atoms with E-state index < -0.39 is 0 Å². The second-order valence-corrected chi connectivity index (χ2v) is 5.18. The van der Waals surface area contributed by atoms with Crippen molar-refractivity contribution in [1.29, 1.82) is 0 Å². The summed E-state index contributed by atoms with van der Waals surface area (Å²) in [6.07, 6.45) is 5.13. The van der Waals surface area contributed by atoms with Crippen molar-refractivity contribution in [3.63, 3.8) is 0 Å². The quantitative estimate of drug-likeness (QED) is 0.854. The molecule has 0 amide bonds. The number of hydrogen-bond acceptors (Lipinski definition) is 3. The van der Waals surface area contributed by atoms with Crippen LogP contribution in [0.25, 0.3) is 0 Å². The molecule has 0 unspecified atom stereocenters. The molecule has 0 aliphatic heterocycles. The molecule has 0 aromatic carbocycles. The Morgan fingerprint density at radius 1 is 1.25 bits per heavy atom. The Kier molecular flexibility index (Phi) is 3.28. The molecule has 0 radical (unpaired) electrons. The molecule has 1 aliphatic carbocycles. The van der Waals surface area contributed by atoms with Crippen molar-refractivity contribution in [2.45, 2.75) is 58.5 Å². The molecule has 16 heavy (non-hydrogen) atoms. The van der Waals surface area contributed by atoms with Crippen molar-refractivity contribution in [1.82, 2.24) is 14.8 Å². The molecule has 1 heterocycles. The molecule has 2 rings (SSSR count). The molecule has 2 N–H and O–H groups in total. The maximum absolute atomic E-state index is 6.20. The average Bonchev–Trinajstić information content (AvgIpc) is 2.84. The Morgan fingerprint density at radius 2 is 1.88 bits per heavy atom. The molecule has 1 aromatic rings. The Hall–Kier alpha value is -0.900. The van der Waals surface area contributed by atoms with Crippen LogP contribution < -0.4 is 5.73 Å². The van der Waals surface area contributed by atoms with E-state index in [9.17, 15) is 0 Å². The zero-order valence-corrected chi connectivity index (χ0v) is 10.5. The standard InChI is InChI=1S/C12H22N4/c1-8(2)11(13)12-15-14-9(3)16(12)10-6-4-5-7-10/h8,10-11H,4-7,13H2,1-3H3/t11-/m0/s1. The highest BCUT2D eigenvalue weighted by Crippen LogP contribution is 2.33. The highest BCUT2D eigenvalue weighted by molar-refractivity contribution is 5.03. The van der Waals surface area contributed by atoms with Crippen molar-refractivity contribution in [3.8, 4) is 0 Å². The highest BCUT2D eigenvalue weighted by atomic mass is 15.3. The van der Waals surface area contributed by atoms with Gasteiger partial charge in [-0.2, -0.15) is 0 Å². The van der Waals surface area contributed by atoms with Gasteiger partial charge < -0.3 is 10.3 Å². The van der Waals surface area contributed by atoms with Gasteiger partial charge in [-0.1, -0.05) is 26.7 Å². The minimum atomic E-state index is 0.00167. The molecule has 1 atom stereocenters. The van der Waals surface area contributed by atoms with Gasteiger partial charge in [-0.05, 0) is 25.7 Å². The molecular formula is C12H22N4. The fourth-order valence-electron chi connectivity index (χ4n) is 2.52. The zero-order valence-electron chi connectivity index (χ0n) is 10.5. The predicted octanol–water partition coefficient (Wildman–Crippen LogP) is 2.36. The topological polar surface area (TPSA) is 56.7 Å². The number of rotatable bonds is 3. The summed E-state index contributed by atoms with van der Waals surface area (Å²) in [7, 11) is 0. The lowest BCUT2D eigenvalue weighted by Gasteiger charge is -2.21. The van der Waals surface area contributed by atoms with Gasteiger partial charge in [0.25, 0.3) is 0 Å². The van der Waals surface area contributed by atoms with E-state index >= 15 is 0 Å². The first-order valence-electron chi connectivity index (χ1n) is 6.28. The number of hydrogen-bond donors (Lipinski definition) is 1. The van der Waals surface area contributed by atoms with Crippen molar-refractivity contribution < 1.29 is 0 Å². The summed E-state index contributed by atoms with van der Waals surface area (Å²) in [5.74, 6) is 2.39. The summed E-state index contributed by atoms with van der Waals surface area (Å²) in [6, 6.07) is 0.580. The third-order valence-corrected chi connectivity index (χ3v) is 3.60. The molecule has 0 spiro atoms. The van der Waals surface area contributed by atoms with Crippen LogP contribution in [0.3, 0.4) is 0 Å². The number of nitrogens with zero attached hydrogens (tertiary/aromatic N) is 3. The molecule has 90 valence electrons. The lowest BCUT2D eigenvalue weighted by Crippen LogP contribution is -2.23. The third kappa shape index (κ3) is 1.98. The van der Waals surface area contributed by atoms with E-state index in [0.29, 0.717) is 12.0 Å². The van der Waals surface area contributed by atoms with Crippen molar-refractivity contribution in [3.05, 3.63) is 11.6 Å². The van der Waals surface area contributed by atoms with E-state index in [0.717, 1.165) is 11.6 Å². The van der Waals surface area contributed by atoms with Gasteiger partial charge in [0.2, 0.25) is 0 Å². The van der Waals surface area contributed by atoms with Crippen LogP contribution in [0.1, 0.15) is 63.3 Å². The lowest BCUT2D eigenvalue weighted by molar-refractivity contribution is 0.422. The molecule has 1 saturated carbocycles. The van der Waals surface area contributed by atoms with Gasteiger partial charge in [0.15, 0.2) is 0 Å². The van der Waals surface area contributed by atoms with Gasteiger partial charge in [-0.3, -0.25) is 0 Å². The predicted molar refractivity (Wildman–Crippen MR) is 64.0 cm³/mol. The van der Waals surface area contributed by atoms with Crippen LogP contribution in [-0.4, -0.2) is 14.8 Å². The maximum atomic E-state index is 6.20. The number of nitrogens with two attached hydrogens (primary N) is 1. The van der Waals surface area contributed by atoms with E-state index in [4.69, 9.17) is 5.73 Å². The second kappa shape index (κ2) is 4.53. The van der Waals surface area contributed by atoms with Crippen molar-refractivity contribution in [2.24, 2.45) is 11.7 Å². The summed E-state index contributed by atoms with van der Waals surface area (Å²) in [5, 5.41) is 8.47. The monoisotopic (exact) mass is 222 g/mol. The minimum absolute atomic E-state index is 0.00167. The van der Waals surface area contributed by atoms with Gasteiger partial charge in [-0.25, -0.2) is 0 Å². The van der Waals surface area contributed by atoms with Gasteiger partial charge in [0.1, 0.15) is 11.6 Å². The first-order valence-corrected chi connectivity index (χ1v) is 6.28. The molecule has 0 bridgehead atoms. The average molecular weight is 222 g/mol. The molecule has 1 aromatic heterocycles. The van der Waals surface area contributed by atoms with Gasteiger partial charge >= 0.3 is 0 Å². The maximum Gasteiger partial charge on any atom is 0.150 e. The molecule has 0 saturated heterocycles. The SMILES string of the molecule is Cc1nnc([C@@H](N)C(C)C)n1C1CCCC1. The lowest BCUT2D eigenvalue weighted by atomic mass is 10.0. The Morgan fingerprint density at radius 3 is 2.44 bits per heavy atom. The molecule has 1 fully saturated rings. The van der Waals surface area contributed by atoms with Crippen LogP contribution in [0.15, 0.2) is 0 Å². The highest BCUT2D eigenvalue weighted by Gasteiger charge is 2.26. The van der Waals surface area contributed by atoms with Gasteiger partial charge in [-0.15, -0.1) is 10.2 Å². The summed E-state index contributed by atoms with van der Waals surface area (Å²) in [6.45, 7) is 6.29. The fraction of sp³-hybridized carbons (Fsp3) is 0.833. The summed E-state index contributed by atoms with van der Waals surface area (Å²) in [5.41, 5.74) is 6.20. The minimum Gasteiger partial charge on any atom is -0.321 e. The summed E-state index contributed by atoms with van der Waals surface area (Å²) < 4.78 is 2.28. The normalized spacial score (nSPS) is 19.6. The largest absolute Gasteiger partial charge is 0.321 e. The van der Waals surface area contributed by atoms with Crippen LogP contribution >= 0.6 is 0 Å². The summed E-state index contributed by atoms with van der Waals surface area (Å²) >= 11 is 0. The van der Waals surface area contributed by atoms with E-state index in [1.807, 2.05) is 6.92 Å². The van der Waals surface area contributed by atoms with Crippen LogP contribution in [0.4, 0.5) is 0 Å². The van der Waals surface area contributed by atoms with Crippen molar-refractivity contribution in [2.75, 3.05) is 0 Å². The van der Waals surface area contributed by atoms with Crippen LogP contribution in [-0.2, 0) is 0 Å². The Bertz CT molecular complexity index is 350. The van der Waals surface area contributed by atoms with Gasteiger partial charge in [0.05, 0.1) is 6.04 Å². The first-order chi connectivity index (χ1) is 7.61. The van der Waals surface area contributed by atoms with E-state index in [-0.39, 0.29) is 6.04 Å². The number of aryl methyl sites for hydroxylation is 1. The van der Waals surface area contributed by atoms with Crippen molar-refractivity contribution >= 4 is 0 Å². The fourth-order valence-corrected chi connectivity index (χ4v) is 2.52. The number of aromatic nitrogens is 3. The van der Waals surface area contributed by atoms with Crippen LogP contribution in [0.2, 0.25) is 0 Å². The van der Waals surface area contributed by atoms with E-state index in [1.165, 1.54) is 25.7 Å². The smallest absolute Gasteiger partial charge is 0.150 e. The van der Waals surface area contributed by atoms with Crippen LogP contribution in [0.5, 0.6) is 0 Å². The third-order valence-electron chi connectivity index (χ3n) is 3.60. The van der Waals surface area contributed by atoms with Crippen LogP contribution in [0, 0.1) is 12.8 Å². The first kappa shape index (κ1) is 11.6. The Labute approximate surface area is 97.2 Å². The Balaban J connectivity index is 2.31. The van der Waals surface area contributed by atoms with Gasteiger partial charge in [0, 0.05) is 6.04 Å². The summed E-state index contributed by atoms with van der Waals surface area (Å²) in [4.78, 5) is 0. The molecule has 4 heteroatoms. The molecular weight excluding hydrogens is 200 g/mol. The molecule has 4 nitrogen and oxygen atoms in total. The molecule has 1 aliphatic rings.